The second-order valence-corrected chi connectivity index (χ2v) is 7.71. The van der Waals surface area contributed by atoms with Crippen LogP contribution < -0.4 is 5.32 Å². The van der Waals surface area contributed by atoms with Gasteiger partial charge in [0.25, 0.3) is 5.91 Å². The number of hydrogen-bond acceptors (Lipinski definition) is 3. The predicted molar refractivity (Wildman–Crippen MR) is 115 cm³/mol. The molecule has 0 spiro atoms. The number of nitrogens with one attached hydrogen (secondary N) is 1. The van der Waals surface area contributed by atoms with Crippen molar-refractivity contribution < 1.29 is 9.53 Å². The smallest absolute Gasteiger partial charge is 0.251 e. The fourth-order valence-electron chi connectivity index (χ4n) is 3.79. The number of halogens is 1. The number of pyridine rings is 1. The Morgan fingerprint density at radius 2 is 1.83 bits per heavy atom. The summed E-state index contributed by atoms with van der Waals surface area (Å²) in [5.74, 6) is 0.255. The van der Waals surface area contributed by atoms with E-state index >= 15 is 0 Å². The molecule has 0 saturated carbocycles. The Balaban J connectivity index is 1.52. The van der Waals surface area contributed by atoms with Crippen molar-refractivity contribution in [2.24, 2.45) is 5.92 Å². The molecule has 1 fully saturated rings. The molecule has 0 aliphatic carbocycles. The van der Waals surface area contributed by atoms with Crippen LogP contribution in [0.1, 0.15) is 34.8 Å². The van der Waals surface area contributed by atoms with Crippen molar-refractivity contribution in [2.45, 2.75) is 18.9 Å². The van der Waals surface area contributed by atoms with E-state index in [0.29, 0.717) is 16.5 Å². The third-order valence-electron chi connectivity index (χ3n) is 5.37. The minimum atomic E-state index is -0.0806. The molecule has 4 rings (SSSR count). The van der Waals surface area contributed by atoms with E-state index in [2.05, 4.69) is 10.3 Å². The molecule has 3 aromatic rings. The standard InChI is InChI=1S/C24H23ClN2O2/c25-22-5-1-3-20(15-22)17-6-8-19(9-7-17)24(28)27-23(18-10-13-29-14-11-18)21-4-2-12-26-16-21/h1-9,12,15-16,18,23H,10-11,13-14H2,(H,27,28)/t23-/m0/s1. The monoisotopic (exact) mass is 406 g/mol. The summed E-state index contributed by atoms with van der Waals surface area (Å²) >= 11 is 6.09. The Kier molecular flexibility index (Phi) is 6.23. The lowest BCUT2D eigenvalue weighted by Crippen LogP contribution is -2.36. The number of nitrogens with zero attached hydrogens (tertiary/aromatic N) is 1. The van der Waals surface area contributed by atoms with Crippen molar-refractivity contribution in [3.8, 4) is 11.1 Å². The fourth-order valence-corrected chi connectivity index (χ4v) is 3.98. The summed E-state index contributed by atoms with van der Waals surface area (Å²) in [6.07, 6.45) is 5.44. The highest BCUT2D eigenvalue weighted by atomic mass is 35.5. The van der Waals surface area contributed by atoms with Gasteiger partial charge in [0.15, 0.2) is 0 Å². The molecule has 0 unspecified atom stereocenters. The number of carbonyl (C=O) groups excluding carboxylic acids is 1. The van der Waals surface area contributed by atoms with Crippen molar-refractivity contribution in [3.05, 3.63) is 89.2 Å². The highest BCUT2D eigenvalue weighted by Gasteiger charge is 2.27. The van der Waals surface area contributed by atoms with Gasteiger partial charge >= 0.3 is 0 Å². The molecule has 1 aromatic heterocycles. The number of amides is 1. The molecule has 1 atom stereocenters. The highest BCUT2D eigenvalue weighted by molar-refractivity contribution is 6.30. The van der Waals surface area contributed by atoms with E-state index in [1.54, 1.807) is 6.20 Å². The van der Waals surface area contributed by atoms with Crippen LogP contribution in [0.4, 0.5) is 0 Å². The minimum absolute atomic E-state index is 0.0762. The quantitative estimate of drug-likeness (QED) is 0.625. The number of benzene rings is 2. The molecule has 148 valence electrons. The molecule has 2 aromatic carbocycles. The molecule has 1 N–H and O–H groups in total. The zero-order chi connectivity index (χ0) is 20.1. The van der Waals surface area contributed by atoms with Crippen LogP contribution in [0, 0.1) is 5.92 Å². The molecule has 1 amide bonds. The summed E-state index contributed by atoms with van der Waals surface area (Å²) in [5, 5.41) is 3.93. The summed E-state index contributed by atoms with van der Waals surface area (Å²) in [6.45, 7) is 1.46. The maximum Gasteiger partial charge on any atom is 0.251 e. The van der Waals surface area contributed by atoms with Gasteiger partial charge in [-0.25, -0.2) is 0 Å². The van der Waals surface area contributed by atoms with E-state index in [4.69, 9.17) is 16.3 Å². The number of ether oxygens (including phenoxy) is 1. The first-order valence-electron chi connectivity index (χ1n) is 9.85. The Morgan fingerprint density at radius 1 is 1.03 bits per heavy atom. The second-order valence-electron chi connectivity index (χ2n) is 7.27. The van der Waals surface area contributed by atoms with Crippen molar-refractivity contribution in [1.29, 1.82) is 0 Å². The molecule has 0 radical (unpaired) electrons. The predicted octanol–water partition coefficient (Wildman–Crippen LogP) is 5.30. The summed E-state index contributed by atoms with van der Waals surface area (Å²) in [7, 11) is 0. The van der Waals surface area contributed by atoms with Crippen molar-refractivity contribution >= 4 is 17.5 Å². The van der Waals surface area contributed by atoms with Crippen molar-refractivity contribution in [2.75, 3.05) is 13.2 Å². The van der Waals surface area contributed by atoms with Crippen LogP contribution in [0.25, 0.3) is 11.1 Å². The number of aromatic nitrogens is 1. The van der Waals surface area contributed by atoms with E-state index in [-0.39, 0.29) is 11.9 Å². The largest absolute Gasteiger partial charge is 0.381 e. The summed E-state index contributed by atoms with van der Waals surface area (Å²) in [4.78, 5) is 17.2. The zero-order valence-corrected chi connectivity index (χ0v) is 16.8. The van der Waals surface area contributed by atoms with Gasteiger partial charge in [0, 0.05) is 36.2 Å². The van der Waals surface area contributed by atoms with Crippen LogP contribution >= 0.6 is 11.6 Å². The minimum Gasteiger partial charge on any atom is -0.381 e. The molecule has 29 heavy (non-hydrogen) atoms. The Bertz CT molecular complexity index is 954. The Labute approximate surface area is 175 Å². The number of hydrogen-bond donors (Lipinski definition) is 1. The first-order chi connectivity index (χ1) is 14.2. The molecular weight excluding hydrogens is 384 g/mol. The Morgan fingerprint density at radius 3 is 2.52 bits per heavy atom. The fraction of sp³-hybridized carbons (Fsp3) is 0.250. The number of rotatable bonds is 5. The van der Waals surface area contributed by atoms with E-state index < -0.39 is 0 Å². The van der Waals surface area contributed by atoms with Gasteiger partial charge in [-0.2, -0.15) is 0 Å². The molecule has 1 aliphatic heterocycles. The normalized spacial score (nSPS) is 15.6. The molecule has 0 bridgehead atoms. The van der Waals surface area contributed by atoms with Crippen LogP contribution in [0.5, 0.6) is 0 Å². The second kappa shape index (κ2) is 9.21. The highest BCUT2D eigenvalue weighted by Crippen LogP contribution is 2.30. The average Bonchev–Trinajstić information content (AvgIpc) is 2.78. The molecule has 4 nitrogen and oxygen atoms in total. The first-order valence-corrected chi connectivity index (χ1v) is 10.2. The maximum atomic E-state index is 13.0. The topological polar surface area (TPSA) is 51.2 Å². The van der Waals surface area contributed by atoms with Crippen LogP contribution in [0.15, 0.2) is 73.1 Å². The van der Waals surface area contributed by atoms with E-state index in [1.807, 2.05) is 66.9 Å². The van der Waals surface area contributed by atoms with Gasteiger partial charge in [0.2, 0.25) is 0 Å². The lowest BCUT2D eigenvalue weighted by Gasteiger charge is -2.31. The van der Waals surface area contributed by atoms with Gasteiger partial charge in [-0.15, -0.1) is 0 Å². The Hall–Kier alpha value is -2.69. The molecular formula is C24H23ClN2O2. The molecule has 1 aliphatic rings. The summed E-state index contributed by atoms with van der Waals surface area (Å²) in [5.41, 5.74) is 3.72. The zero-order valence-electron chi connectivity index (χ0n) is 16.1. The molecule has 1 saturated heterocycles. The van der Waals surface area contributed by atoms with Crippen LogP contribution in [0.3, 0.4) is 0 Å². The van der Waals surface area contributed by atoms with Crippen LogP contribution in [-0.4, -0.2) is 24.1 Å². The van der Waals surface area contributed by atoms with Gasteiger partial charge in [0.05, 0.1) is 6.04 Å². The van der Waals surface area contributed by atoms with E-state index in [0.717, 1.165) is 42.7 Å². The number of carbonyl (C=O) groups is 1. The van der Waals surface area contributed by atoms with Crippen molar-refractivity contribution in [3.63, 3.8) is 0 Å². The average molecular weight is 407 g/mol. The molecule has 5 heteroatoms. The van der Waals surface area contributed by atoms with Crippen molar-refractivity contribution in [1.82, 2.24) is 10.3 Å². The van der Waals surface area contributed by atoms with Gasteiger partial charge < -0.3 is 10.1 Å². The van der Waals surface area contributed by atoms with Gasteiger partial charge in [0.1, 0.15) is 0 Å². The maximum absolute atomic E-state index is 13.0. The lowest BCUT2D eigenvalue weighted by atomic mass is 9.87. The first kappa shape index (κ1) is 19.6. The van der Waals surface area contributed by atoms with E-state index in [1.165, 1.54) is 0 Å². The van der Waals surface area contributed by atoms with Gasteiger partial charge in [-0.1, -0.05) is 41.9 Å². The van der Waals surface area contributed by atoms with Crippen LogP contribution in [0.2, 0.25) is 5.02 Å². The SMILES string of the molecule is O=C(N[C@H](c1cccnc1)C1CCOCC1)c1ccc(-c2cccc(Cl)c2)cc1. The van der Waals surface area contributed by atoms with Gasteiger partial charge in [-0.05, 0) is 65.8 Å². The molecule has 2 heterocycles. The third-order valence-corrected chi connectivity index (χ3v) is 5.61. The van der Waals surface area contributed by atoms with Gasteiger partial charge in [-0.3, -0.25) is 9.78 Å². The lowest BCUT2D eigenvalue weighted by molar-refractivity contribution is 0.0513. The summed E-state index contributed by atoms with van der Waals surface area (Å²) in [6, 6.07) is 19.2. The van der Waals surface area contributed by atoms with E-state index in [9.17, 15) is 4.79 Å². The third kappa shape index (κ3) is 4.84. The summed E-state index contributed by atoms with van der Waals surface area (Å²) < 4.78 is 5.50. The van der Waals surface area contributed by atoms with Crippen LogP contribution in [-0.2, 0) is 4.74 Å².